The van der Waals surface area contributed by atoms with Crippen molar-refractivity contribution in [2.75, 3.05) is 26.9 Å². The van der Waals surface area contributed by atoms with Crippen molar-refractivity contribution in [1.82, 2.24) is 9.78 Å². The Labute approximate surface area is 90.2 Å². The number of aryl methyl sites for hydroxylation is 1. The van der Waals surface area contributed by atoms with E-state index in [0.717, 1.165) is 12.1 Å². The van der Waals surface area contributed by atoms with E-state index in [1.165, 1.54) is 0 Å². The van der Waals surface area contributed by atoms with Crippen LogP contribution >= 0.6 is 0 Å². The van der Waals surface area contributed by atoms with Gasteiger partial charge in [-0.3, -0.25) is 4.68 Å². The fourth-order valence-corrected chi connectivity index (χ4v) is 1.28. The van der Waals surface area contributed by atoms with E-state index in [0.29, 0.717) is 19.8 Å². The third-order valence-corrected chi connectivity index (χ3v) is 2.00. The van der Waals surface area contributed by atoms with Crippen LogP contribution in [-0.4, -0.2) is 42.8 Å². The molecule has 0 radical (unpaired) electrons. The summed E-state index contributed by atoms with van der Waals surface area (Å²) in [7, 11) is 3.54. The minimum atomic E-state index is -0.00300. The largest absolute Gasteiger partial charge is 0.382 e. The zero-order chi connectivity index (χ0) is 11.1. The first-order valence-corrected chi connectivity index (χ1v) is 5.03. The molecule has 0 amide bonds. The monoisotopic (exact) mass is 213 g/mol. The molecule has 0 saturated carbocycles. The van der Waals surface area contributed by atoms with E-state index in [9.17, 15) is 0 Å². The van der Waals surface area contributed by atoms with Crippen LogP contribution in [0, 0.1) is 0 Å². The molecule has 1 atom stereocenters. The summed E-state index contributed by atoms with van der Waals surface area (Å²) >= 11 is 0. The molecule has 1 rings (SSSR count). The lowest BCUT2D eigenvalue weighted by Gasteiger charge is -2.10. The molecule has 0 aromatic carbocycles. The number of methoxy groups -OCH3 is 1. The molecule has 5 heteroatoms. The fourth-order valence-electron chi connectivity index (χ4n) is 1.28. The summed E-state index contributed by atoms with van der Waals surface area (Å²) in [5.41, 5.74) is 6.88. The smallest absolute Gasteiger partial charge is 0.0701 e. The minimum absolute atomic E-state index is 0.00300. The number of hydrogen-bond acceptors (Lipinski definition) is 4. The van der Waals surface area contributed by atoms with Crippen LogP contribution in [0.2, 0.25) is 0 Å². The van der Waals surface area contributed by atoms with Gasteiger partial charge in [0.2, 0.25) is 0 Å². The van der Waals surface area contributed by atoms with Crippen molar-refractivity contribution in [1.29, 1.82) is 0 Å². The Morgan fingerprint density at radius 2 is 2.33 bits per heavy atom. The summed E-state index contributed by atoms with van der Waals surface area (Å²) < 4.78 is 12.0. The first kappa shape index (κ1) is 12.2. The lowest BCUT2D eigenvalue weighted by atomic mass is 10.2. The molecule has 0 bridgehead atoms. The Balaban J connectivity index is 2.15. The quantitative estimate of drug-likeness (QED) is 0.645. The van der Waals surface area contributed by atoms with E-state index in [2.05, 4.69) is 5.10 Å². The summed E-state index contributed by atoms with van der Waals surface area (Å²) in [5, 5.41) is 4.25. The number of nitrogens with zero attached hydrogens (tertiary/aromatic N) is 2. The molecule has 0 aliphatic rings. The number of aromatic nitrogens is 2. The van der Waals surface area contributed by atoms with Crippen LogP contribution in [-0.2, 0) is 22.9 Å². The third-order valence-electron chi connectivity index (χ3n) is 2.00. The predicted molar refractivity (Wildman–Crippen MR) is 57.6 cm³/mol. The Kier molecular flexibility index (Phi) is 5.31. The average molecular weight is 213 g/mol. The second-order valence-electron chi connectivity index (χ2n) is 3.51. The van der Waals surface area contributed by atoms with E-state index in [1.54, 1.807) is 11.8 Å². The van der Waals surface area contributed by atoms with Crippen LogP contribution in [0.1, 0.15) is 5.69 Å². The van der Waals surface area contributed by atoms with E-state index >= 15 is 0 Å². The summed E-state index contributed by atoms with van der Waals surface area (Å²) in [5.74, 6) is 0. The van der Waals surface area contributed by atoms with Crippen molar-refractivity contribution in [3.8, 4) is 0 Å². The van der Waals surface area contributed by atoms with Gasteiger partial charge in [-0.2, -0.15) is 5.10 Å². The Morgan fingerprint density at radius 3 is 2.93 bits per heavy atom. The first-order chi connectivity index (χ1) is 7.22. The van der Waals surface area contributed by atoms with Gasteiger partial charge in [-0.1, -0.05) is 0 Å². The van der Waals surface area contributed by atoms with Crippen LogP contribution in [0.25, 0.3) is 0 Å². The topological polar surface area (TPSA) is 62.3 Å². The zero-order valence-corrected chi connectivity index (χ0v) is 9.35. The van der Waals surface area contributed by atoms with Gasteiger partial charge in [0.25, 0.3) is 0 Å². The van der Waals surface area contributed by atoms with Gasteiger partial charge in [0.1, 0.15) is 0 Å². The molecule has 1 heterocycles. The van der Waals surface area contributed by atoms with E-state index < -0.39 is 0 Å². The molecule has 0 fully saturated rings. The molecular formula is C10H19N3O2. The predicted octanol–water partition coefficient (Wildman–Crippen LogP) is -0.0471. The van der Waals surface area contributed by atoms with Crippen molar-refractivity contribution in [2.45, 2.75) is 12.5 Å². The normalized spacial score (nSPS) is 13.0. The SMILES string of the molecule is COCCOCC(N)Cc1ccn(C)n1. The molecule has 1 unspecified atom stereocenters. The molecule has 0 aliphatic heterocycles. The maximum Gasteiger partial charge on any atom is 0.0701 e. The highest BCUT2D eigenvalue weighted by atomic mass is 16.5. The Bertz CT molecular complexity index is 275. The third kappa shape index (κ3) is 4.92. The zero-order valence-electron chi connectivity index (χ0n) is 9.35. The molecule has 0 aliphatic carbocycles. The van der Waals surface area contributed by atoms with Crippen LogP contribution in [0.3, 0.4) is 0 Å². The lowest BCUT2D eigenvalue weighted by molar-refractivity contribution is 0.0636. The average Bonchev–Trinajstić information content (AvgIpc) is 2.59. The second kappa shape index (κ2) is 6.55. The van der Waals surface area contributed by atoms with Gasteiger partial charge in [-0.05, 0) is 6.07 Å². The standard InChI is InChI=1S/C10H19N3O2/c1-13-4-3-10(12-13)7-9(11)8-15-6-5-14-2/h3-4,9H,5-8,11H2,1-2H3. The molecule has 15 heavy (non-hydrogen) atoms. The van der Waals surface area contributed by atoms with Gasteiger partial charge in [0, 0.05) is 32.8 Å². The van der Waals surface area contributed by atoms with Crippen LogP contribution < -0.4 is 5.73 Å². The Hall–Kier alpha value is -0.910. The van der Waals surface area contributed by atoms with Gasteiger partial charge in [0.05, 0.1) is 25.5 Å². The number of hydrogen-bond donors (Lipinski definition) is 1. The molecule has 0 spiro atoms. The second-order valence-corrected chi connectivity index (χ2v) is 3.51. The lowest BCUT2D eigenvalue weighted by Crippen LogP contribution is -2.29. The summed E-state index contributed by atoms with van der Waals surface area (Å²) in [6.45, 7) is 1.74. The molecule has 1 aromatic heterocycles. The van der Waals surface area contributed by atoms with Crippen LogP contribution in [0.5, 0.6) is 0 Å². The highest BCUT2D eigenvalue weighted by Crippen LogP contribution is 1.98. The van der Waals surface area contributed by atoms with Crippen molar-refractivity contribution in [3.63, 3.8) is 0 Å². The first-order valence-electron chi connectivity index (χ1n) is 5.03. The maximum atomic E-state index is 5.88. The van der Waals surface area contributed by atoms with Crippen LogP contribution in [0.4, 0.5) is 0 Å². The van der Waals surface area contributed by atoms with Crippen molar-refractivity contribution < 1.29 is 9.47 Å². The van der Waals surface area contributed by atoms with Gasteiger partial charge in [-0.15, -0.1) is 0 Å². The molecule has 5 nitrogen and oxygen atoms in total. The molecule has 86 valence electrons. The molecule has 0 saturated heterocycles. The van der Waals surface area contributed by atoms with Crippen molar-refractivity contribution in [2.24, 2.45) is 12.8 Å². The summed E-state index contributed by atoms with van der Waals surface area (Å²) in [6.07, 6.45) is 2.65. The van der Waals surface area contributed by atoms with Crippen molar-refractivity contribution >= 4 is 0 Å². The highest BCUT2D eigenvalue weighted by molar-refractivity contribution is 5.00. The van der Waals surface area contributed by atoms with Gasteiger partial charge < -0.3 is 15.2 Å². The maximum absolute atomic E-state index is 5.88. The highest BCUT2D eigenvalue weighted by Gasteiger charge is 2.06. The summed E-state index contributed by atoms with van der Waals surface area (Å²) in [6, 6.07) is 1.96. The van der Waals surface area contributed by atoms with Gasteiger partial charge in [-0.25, -0.2) is 0 Å². The molecule has 2 N–H and O–H groups in total. The van der Waals surface area contributed by atoms with E-state index in [-0.39, 0.29) is 6.04 Å². The molecule has 1 aromatic rings. The number of ether oxygens (including phenoxy) is 2. The van der Waals surface area contributed by atoms with Gasteiger partial charge in [0.15, 0.2) is 0 Å². The minimum Gasteiger partial charge on any atom is -0.382 e. The molecular weight excluding hydrogens is 194 g/mol. The number of nitrogens with two attached hydrogens (primary N) is 1. The van der Waals surface area contributed by atoms with E-state index in [1.807, 2.05) is 19.3 Å². The van der Waals surface area contributed by atoms with Gasteiger partial charge >= 0.3 is 0 Å². The van der Waals surface area contributed by atoms with Crippen LogP contribution in [0.15, 0.2) is 12.3 Å². The Morgan fingerprint density at radius 1 is 1.53 bits per heavy atom. The number of rotatable bonds is 7. The fraction of sp³-hybridized carbons (Fsp3) is 0.700. The van der Waals surface area contributed by atoms with E-state index in [4.69, 9.17) is 15.2 Å². The van der Waals surface area contributed by atoms with Crippen molar-refractivity contribution in [3.05, 3.63) is 18.0 Å². The summed E-state index contributed by atoms with van der Waals surface area (Å²) in [4.78, 5) is 0.